The number of fused-ring (bicyclic) bond motifs is 6. The third-order valence-electron chi connectivity index (χ3n) is 8.77. The van der Waals surface area contributed by atoms with E-state index < -0.39 is 7.12 Å². The molecule has 200 valence electrons. The van der Waals surface area contributed by atoms with E-state index in [2.05, 4.69) is 114 Å². The smallest absolute Gasteiger partial charge is 0.423 e. The summed E-state index contributed by atoms with van der Waals surface area (Å²) >= 11 is 0. The van der Waals surface area contributed by atoms with Gasteiger partial charge in [-0.1, -0.05) is 103 Å². The maximum Gasteiger partial charge on any atom is 0.488 e. The fourth-order valence-corrected chi connectivity index (χ4v) is 6.81. The number of benzene rings is 6. The first-order valence-corrected chi connectivity index (χ1v) is 14.4. The van der Waals surface area contributed by atoms with Crippen LogP contribution in [0.3, 0.4) is 0 Å². The standard InChI is InChI=1S/C38H28BNO2/c41-39(42)28-11-8-12-29(24-28)40-37-16-7-6-15-33(37)36-23-27(18-20-38(36)40)26-17-19-32-34(21-25-9-2-1-3-10-25)30-13-4-5-14-31(30)35(32)22-26/h1-20,22-24,34,41-42H,21H2. The SMILES string of the molecule is OB(O)c1cccc(-n2c3ccccc3c3cc(-c4ccc5c(c4)-c4ccccc4C5Cc4ccccc4)ccc32)c1. The first kappa shape index (κ1) is 24.9. The van der Waals surface area contributed by atoms with Crippen LogP contribution in [0, 0.1) is 0 Å². The van der Waals surface area contributed by atoms with Gasteiger partial charge in [0.15, 0.2) is 0 Å². The Balaban J connectivity index is 1.26. The summed E-state index contributed by atoms with van der Waals surface area (Å²) in [5.41, 5.74) is 12.7. The van der Waals surface area contributed by atoms with E-state index in [0.29, 0.717) is 11.4 Å². The van der Waals surface area contributed by atoms with Crippen molar-refractivity contribution in [3.8, 4) is 27.9 Å². The molecule has 1 heterocycles. The highest BCUT2D eigenvalue weighted by atomic mass is 16.4. The molecule has 0 saturated carbocycles. The lowest BCUT2D eigenvalue weighted by Crippen LogP contribution is -2.29. The quantitative estimate of drug-likeness (QED) is 0.222. The van der Waals surface area contributed by atoms with Crippen molar-refractivity contribution in [1.82, 2.24) is 4.57 Å². The molecule has 1 aromatic heterocycles. The van der Waals surface area contributed by atoms with Crippen molar-refractivity contribution < 1.29 is 10.0 Å². The summed E-state index contributed by atoms with van der Waals surface area (Å²) in [5, 5.41) is 21.9. The molecule has 0 aliphatic heterocycles. The Morgan fingerprint density at radius 2 is 1.26 bits per heavy atom. The normalized spacial score (nSPS) is 13.8. The molecule has 0 amide bonds. The van der Waals surface area contributed by atoms with E-state index in [0.717, 1.165) is 23.1 Å². The topological polar surface area (TPSA) is 45.4 Å². The number of hydrogen-bond acceptors (Lipinski definition) is 2. The van der Waals surface area contributed by atoms with Crippen molar-refractivity contribution in [3.63, 3.8) is 0 Å². The van der Waals surface area contributed by atoms with Crippen molar-refractivity contribution in [2.45, 2.75) is 12.3 Å². The molecule has 0 fully saturated rings. The second-order valence-electron chi connectivity index (χ2n) is 11.2. The Labute approximate surface area is 245 Å². The zero-order valence-corrected chi connectivity index (χ0v) is 23.0. The lowest BCUT2D eigenvalue weighted by molar-refractivity contribution is 0.426. The van der Waals surface area contributed by atoms with Gasteiger partial charge in [0.25, 0.3) is 0 Å². The molecule has 1 aliphatic carbocycles. The molecule has 0 spiro atoms. The second kappa shape index (κ2) is 9.88. The van der Waals surface area contributed by atoms with E-state index >= 15 is 0 Å². The van der Waals surface area contributed by atoms with Crippen LogP contribution in [0.15, 0.2) is 140 Å². The molecule has 1 atom stereocenters. The van der Waals surface area contributed by atoms with Crippen LogP contribution in [0.25, 0.3) is 49.7 Å². The van der Waals surface area contributed by atoms with E-state index in [9.17, 15) is 10.0 Å². The van der Waals surface area contributed by atoms with Crippen LogP contribution < -0.4 is 5.46 Å². The molecular weight excluding hydrogens is 513 g/mol. The predicted molar refractivity (Wildman–Crippen MR) is 173 cm³/mol. The van der Waals surface area contributed by atoms with Gasteiger partial charge in [-0.2, -0.15) is 0 Å². The number of nitrogens with zero attached hydrogens (tertiary/aromatic N) is 1. The van der Waals surface area contributed by atoms with Gasteiger partial charge in [0.1, 0.15) is 0 Å². The minimum absolute atomic E-state index is 0.348. The van der Waals surface area contributed by atoms with Crippen LogP contribution in [-0.4, -0.2) is 21.7 Å². The molecule has 42 heavy (non-hydrogen) atoms. The average molecular weight is 541 g/mol. The second-order valence-corrected chi connectivity index (χ2v) is 11.2. The third-order valence-corrected chi connectivity index (χ3v) is 8.77. The molecule has 1 aliphatic rings. The Hall–Kier alpha value is -4.90. The summed E-state index contributed by atoms with van der Waals surface area (Å²) < 4.78 is 2.20. The summed E-state index contributed by atoms with van der Waals surface area (Å²) in [4.78, 5) is 0. The van der Waals surface area contributed by atoms with Gasteiger partial charge in [-0.05, 0) is 87.2 Å². The predicted octanol–water partition coefficient (Wildman–Crippen LogP) is 7.49. The van der Waals surface area contributed by atoms with Crippen molar-refractivity contribution in [3.05, 3.63) is 156 Å². The highest BCUT2D eigenvalue weighted by molar-refractivity contribution is 6.58. The Bertz CT molecular complexity index is 2110. The highest BCUT2D eigenvalue weighted by Gasteiger charge is 2.29. The molecule has 8 rings (SSSR count). The largest absolute Gasteiger partial charge is 0.488 e. The van der Waals surface area contributed by atoms with Crippen LogP contribution >= 0.6 is 0 Å². The molecule has 0 bridgehead atoms. The fourth-order valence-electron chi connectivity index (χ4n) is 6.81. The zero-order chi connectivity index (χ0) is 28.2. The number of rotatable bonds is 5. The Morgan fingerprint density at radius 1 is 0.548 bits per heavy atom. The molecule has 3 nitrogen and oxygen atoms in total. The molecule has 0 saturated heterocycles. The molecule has 4 heteroatoms. The third kappa shape index (κ3) is 3.99. The lowest BCUT2D eigenvalue weighted by Gasteiger charge is -2.14. The summed E-state index contributed by atoms with van der Waals surface area (Å²) in [6, 6.07) is 49.1. The maximum absolute atomic E-state index is 9.80. The maximum atomic E-state index is 9.80. The molecule has 6 aromatic carbocycles. The molecule has 2 N–H and O–H groups in total. The van der Waals surface area contributed by atoms with Gasteiger partial charge >= 0.3 is 7.12 Å². The Kier molecular flexibility index (Phi) is 5.85. The van der Waals surface area contributed by atoms with Crippen molar-refractivity contribution in [1.29, 1.82) is 0 Å². The van der Waals surface area contributed by atoms with Gasteiger partial charge in [0.2, 0.25) is 0 Å². The van der Waals surface area contributed by atoms with Crippen LogP contribution in [0.5, 0.6) is 0 Å². The van der Waals surface area contributed by atoms with E-state index in [1.165, 1.54) is 49.7 Å². The van der Waals surface area contributed by atoms with Crippen molar-refractivity contribution >= 4 is 34.4 Å². The first-order chi connectivity index (χ1) is 20.7. The van der Waals surface area contributed by atoms with Gasteiger partial charge in [0.05, 0.1) is 11.0 Å². The van der Waals surface area contributed by atoms with Crippen LogP contribution in [0.4, 0.5) is 0 Å². The monoisotopic (exact) mass is 541 g/mol. The number of aromatic nitrogens is 1. The minimum Gasteiger partial charge on any atom is -0.423 e. The van der Waals surface area contributed by atoms with E-state index in [1.54, 1.807) is 6.07 Å². The molecule has 1 unspecified atom stereocenters. The lowest BCUT2D eigenvalue weighted by atomic mass is 9.80. The average Bonchev–Trinajstić information content (AvgIpc) is 3.53. The number of hydrogen-bond donors (Lipinski definition) is 2. The molecular formula is C38H28BNO2. The Morgan fingerprint density at radius 3 is 2.14 bits per heavy atom. The molecule has 7 aromatic rings. The van der Waals surface area contributed by atoms with Crippen LogP contribution in [0.2, 0.25) is 0 Å². The van der Waals surface area contributed by atoms with Gasteiger partial charge in [0, 0.05) is 22.4 Å². The van der Waals surface area contributed by atoms with Gasteiger partial charge < -0.3 is 14.6 Å². The first-order valence-electron chi connectivity index (χ1n) is 14.4. The van der Waals surface area contributed by atoms with E-state index in [-0.39, 0.29) is 0 Å². The summed E-state index contributed by atoms with van der Waals surface area (Å²) in [7, 11) is -1.51. The fraction of sp³-hybridized carbons (Fsp3) is 0.0526. The van der Waals surface area contributed by atoms with Crippen LogP contribution in [-0.2, 0) is 6.42 Å². The van der Waals surface area contributed by atoms with Crippen molar-refractivity contribution in [2.24, 2.45) is 0 Å². The summed E-state index contributed by atoms with van der Waals surface area (Å²) in [6.45, 7) is 0. The van der Waals surface area contributed by atoms with Gasteiger partial charge in [-0.15, -0.1) is 0 Å². The highest BCUT2D eigenvalue weighted by Crippen LogP contribution is 2.47. The number of para-hydroxylation sites is 1. The summed E-state index contributed by atoms with van der Waals surface area (Å²) in [5.74, 6) is 0.348. The van der Waals surface area contributed by atoms with Crippen molar-refractivity contribution in [2.75, 3.05) is 0 Å². The minimum atomic E-state index is -1.51. The zero-order valence-electron chi connectivity index (χ0n) is 23.0. The van der Waals surface area contributed by atoms with E-state index in [4.69, 9.17) is 0 Å². The van der Waals surface area contributed by atoms with Gasteiger partial charge in [-0.25, -0.2) is 0 Å². The molecule has 0 radical (unpaired) electrons. The summed E-state index contributed by atoms with van der Waals surface area (Å²) in [6.07, 6.45) is 0.990. The van der Waals surface area contributed by atoms with Gasteiger partial charge in [-0.3, -0.25) is 0 Å². The van der Waals surface area contributed by atoms with Crippen LogP contribution in [0.1, 0.15) is 22.6 Å². The van der Waals surface area contributed by atoms with E-state index in [1.807, 2.05) is 24.3 Å².